The number of nitrogens with zero attached hydrogens (tertiary/aromatic N) is 3. The number of aromatic nitrogens is 2. The number of aliphatic hydroxyl groups is 1. The molecule has 0 aliphatic carbocycles. The number of pyridine rings is 2. The van der Waals surface area contributed by atoms with Crippen molar-refractivity contribution in [3.8, 4) is 11.1 Å². The number of ether oxygens (including phenoxy) is 1. The molecule has 2 amide bonds. The molecule has 1 aliphatic heterocycles. The van der Waals surface area contributed by atoms with Crippen molar-refractivity contribution in [2.24, 2.45) is 7.05 Å². The summed E-state index contributed by atoms with van der Waals surface area (Å²) in [6, 6.07) is 15.0. The maximum absolute atomic E-state index is 13.5. The minimum atomic E-state index is -4.46. The first-order chi connectivity index (χ1) is 22.3. The molecule has 10 nitrogen and oxygen atoms in total. The zero-order valence-electron chi connectivity index (χ0n) is 26.0. The molecule has 1 aliphatic rings. The molecule has 4 aromatic rings. The number of aryl methyl sites for hydroxylation is 1. The second-order valence-electron chi connectivity index (χ2n) is 11.7. The standard InChI is InChI=1S/C34H34F3N5O5/c1-33(2,34(35,36)37)24-10-7-21(8-11-24)30(44)40-27-6-4-5-25(26(27)20-43)23-17-28(32(46)41(3)19-23)39-29-12-9-22(18-38-29)31(45)42-13-15-47-16-14-42/h4-12,17-19,43H,13-16,20H2,1-3H3,(H,38,39)(H,40,44). The summed E-state index contributed by atoms with van der Waals surface area (Å²) < 4.78 is 47.1. The number of rotatable bonds is 8. The molecular formula is C34H34F3N5O5. The topological polar surface area (TPSA) is 126 Å². The van der Waals surface area contributed by atoms with E-state index in [1.165, 1.54) is 35.0 Å². The number of nitrogens with one attached hydrogen (secondary N) is 2. The van der Waals surface area contributed by atoms with Gasteiger partial charge in [-0.2, -0.15) is 13.2 Å². The Morgan fingerprint density at radius 3 is 2.28 bits per heavy atom. The van der Waals surface area contributed by atoms with Gasteiger partial charge in [0.05, 0.1) is 30.8 Å². The number of amides is 2. The minimum absolute atomic E-state index is 0.0197. The van der Waals surface area contributed by atoms with E-state index in [0.29, 0.717) is 60.1 Å². The number of morpholine rings is 1. The van der Waals surface area contributed by atoms with Crippen molar-refractivity contribution in [3.05, 3.63) is 106 Å². The molecule has 1 saturated heterocycles. The van der Waals surface area contributed by atoms with Crippen LogP contribution >= 0.6 is 0 Å². The van der Waals surface area contributed by atoms with Crippen molar-refractivity contribution in [3.63, 3.8) is 0 Å². The van der Waals surface area contributed by atoms with Crippen LogP contribution in [0.2, 0.25) is 0 Å². The number of carbonyl (C=O) groups excluding carboxylic acids is 2. The second-order valence-corrected chi connectivity index (χ2v) is 11.7. The van der Waals surface area contributed by atoms with Crippen LogP contribution in [0.4, 0.5) is 30.4 Å². The molecule has 246 valence electrons. The summed E-state index contributed by atoms with van der Waals surface area (Å²) in [5, 5.41) is 16.1. The van der Waals surface area contributed by atoms with Crippen LogP contribution in [-0.2, 0) is 23.8 Å². The van der Waals surface area contributed by atoms with Crippen LogP contribution < -0.4 is 16.2 Å². The van der Waals surface area contributed by atoms with Gasteiger partial charge in [-0.15, -0.1) is 0 Å². The molecule has 0 unspecified atom stereocenters. The highest BCUT2D eigenvalue weighted by molar-refractivity contribution is 6.05. The minimum Gasteiger partial charge on any atom is -0.392 e. The highest BCUT2D eigenvalue weighted by Crippen LogP contribution is 2.40. The van der Waals surface area contributed by atoms with E-state index in [4.69, 9.17) is 4.74 Å². The number of hydrogen-bond donors (Lipinski definition) is 3. The predicted molar refractivity (Wildman–Crippen MR) is 171 cm³/mol. The average Bonchev–Trinajstić information content (AvgIpc) is 3.06. The Morgan fingerprint density at radius 1 is 0.979 bits per heavy atom. The SMILES string of the molecule is Cn1cc(-c2cccc(NC(=O)c3ccc(C(C)(C)C(F)(F)F)cc3)c2CO)cc(Nc2ccc(C(=O)N3CCOCC3)cn2)c1=O. The number of halogens is 3. The monoisotopic (exact) mass is 649 g/mol. The molecule has 2 aromatic heterocycles. The normalized spacial score (nSPS) is 13.7. The number of alkyl halides is 3. The molecule has 3 N–H and O–H groups in total. The van der Waals surface area contributed by atoms with Gasteiger partial charge in [-0.3, -0.25) is 14.4 Å². The number of anilines is 3. The molecule has 0 bridgehead atoms. The van der Waals surface area contributed by atoms with Gasteiger partial charge in [-0.1, -0.05) is 24.3 Å². The Bertz CT molecular complexity index is 1830. The zero-order valence-corrected chi connectivity index (χ0v) is 26.0. The van der Waals surface area contributed by atoms with Gasteiger partial charge in [0.1, 0.15) is 11.5 Å². The highest BCUT2D eigenvalue weighted by Gasteiger charge is 2.48. The maximum atomic E-state index is 13.5. The van der Waals surface area contributed by atoms with Crippen LogP contribution in [0.1, 0.15) is 45.7 Å². The molecule has 0 radical (unpaired) electrons. The molecule has 0 saturated carbocycles. The first-order valence-corrected chi connectivity index (χ1v) is 14.8. The Morgan fingerprint density at radius 2 is 1.66 bits per heavy atom. The third kappa shape index (κ3) is 7.05. The molecule has 3 heterocycles. The van der Waals surface area contributed by atoms with Crippen molar-refractivity contribution >= 4 is 29.0 Å². The van der Waals surface area contributed by atoms with E-state index in [1.54, 1.807) is 54.5 Å². The summed E-state index contributed by atoms with van der Waals surface area (Å²) in [6.45, 7) is 3.64. The van der Waals surface area contributed by atoms with E-state index in [1.807, 2.05) is 0 Å². The van der Waals surface area contributed by atoms with Crippen molar-refractivity contribution in [1.29, 1.82) is 0 Å². The molecule has 0 spiro atoms. The number of hydrogen-bond acceptors (Lipinski definition) is 7. The van der Waals surface area contributed by atoms with Crippen LogP contribution in [0, 0.1) is 0 Å². The smallest absolute Gasteiger partial charge is 0.392 e. The van der Waals surface area contributed by atoms with Gasteiger partial charge in [0.25, 0.3) is 17.4 Å². The third-order valence-corrected chi connectivity index (χ3v) is 8.23. The van der Waals surface area contributed by atoms with E-state index in [9.17, 15) is 32.7 Å². The van der Waals surface area contributed by atoms with Crippen molar-refractivity contribution in [2.45, 2.75) is 32.0 Å². The Labute approximate surface area is 268 Å². The summed E-state index contributed by atoms with van der Waals surface area (Å²) in [5.74, 6) is -0.389. The first-order valence-electron chi connectivity index (χ1n) is 14.8. The highest BCUT2D eigenvalue weighted by atomic mass is 19.4. The maximum Gasteiger partial charge on any atom is 0.397 e. The fourth-order valence-electron chi connectivity index (χ4n) is 5.17. The van der Waals surface area contributed by atoms with Gasteiger partial charge in [-0.05, 0) is 61.4 Å². The molecule has 47 heavy (non-hydrogen) atoms. The van der Waals surface area contributed by atoms with Crippen molar-refractivity contribution in [2.75, 3.05) is 36.9 Å². The first kappa shape index (κ1) is 33.4. The fraction of sp³-hybridized carbons (Fsp3) is 0.294. The molecule has 1 fully saturated rings. The summed E-state index contributed by atoms with van der Waals surface area (Å²) in [7, 11) is 1.57. The van der Waals surface area contributed by atoms with Crippen LogP contribution in [-0.4, -0.2) is 63.9 Å². The van der Waals surface area contributed by atoms with E-state index in [0.717, 1.165) is 13.8 Å². The lowest BCUT2D eigenvalue weighted by atomic mass is 9.83. The molecule has 13 heteroatoms. The predicted octanol–water partition coefficient (Wildman–Crippen LogP) is 5.25. The van der Waals surface area contributed by atoms with Gasteiger partial charge in [0.15, 0.2) is 0 Å². The number of carbonyl (C=O) groups is 2. The number of benzene rings is 2. The van der Waals surface area contributed by atoms with E-state index >= 15 is 0 Å². The molecule has 0 atom stereocenters. The zero-order chi connectivity index (χ0) is 33.9. The molecular weight excluding hydrogens is 615 g/mol. The fourth-order valence-corrected chi connectivity index (χ4v) is 5.17. The summed E-state index contributed by atoms with van der Waals surface area (Å²) in [4.78, 5) is 44.9. The quantitative estimate of drug-likeness (QED) is 0.238. The lowest BCUT2D eigenvalue weighted by Crippen LogP contribution is -2.40. The van der Waals surface area contributed by atoms with Crippen molar-refractivity contribution < 1.29 is 32.6 Å². The van der Waals surface area contributed by atoms with Gasteiger partial charge >= 0.3 is 6.18 Å². The van der Waals surface area contributed by atoms with E-state index in [2.05, 4.69) is 15.6 Å². The second kappa shape index (κ2) is 13.4. The Kier molecular flexibility index (Phi) is 9.50. The molecule has 5 rings (SSSR count). The van der Waals surface area contributed by atoms with Gasteiger partial charge < -0.3 is 29.9 Å². The van der Waals surface area contributed by atoms with Crippen LogP contribution in [0.15, 0.2) is 77.9 Å². The Balaban J connectivity index is 1.37. The van der Waals surface area contributed by atoms with Crippen LogP contribution in [0.5, 0.6) is 0 Å². The third-order valence-electron chi connectivity index (χ3n) is 8.23. The van der Waals surface area contributed by atoms with Gasteiger partial charge in [0, 0.05) is 54.9 Å². The average molecular weight is 650 g/mol. The van der Waals surface area contributed by atoms with Crippen molar-refractivity contribution in [1.82, 2.24) is 14.5 Å². The van der Waals surface area contributed by atoms with Gasteiger partial charge in [0.2, 0.25) is 0 Å². The lowest BCUT2D eigenvalue weighted by molar-refractivity contribution is -0.180. The van der Waals surface area contributed by atoms with E-state index in [-0.39, 0.29) is 28.3 Å². The lowest BCUT2D eigenvalue weighted by Gasteiger charge is -2.28. The van der Waals surface area contributed by atoms with E-state index < -0.39 is 24.1 Å². The summed E-state index contributed by atoms with van der Waals surface area (Å²) in [6.07, 6.45) is -1.43. The Hall–Kier alpha value is -5.01. The molecule has 2 aromatic carbocycles. The summed E-state index contributed by atoms with van der Waals surface area (Å²) >= 11 is 0. The van der Waals surface area contributed by atoms with Gasteiger partial charge in [-0.25, -0.2) is 4.98 Å². The summed E-state index contributed by atoms with van der Waals surface area (Å²) in [5.41, 5.74) is 0.0487. The number of aliphatic hydroxyl groups excluding tert-OH is 1. The largest absolute Gasteiger partial charge is 0.397 e. The van der Waals surface area contributed by atoms with Crippen LogP contribution in [0.3, 0.4) is 0 Å². The van der Waals surface area contributed by atoms with Crippen LogP contribution in [0.25, 0.3) is 11.1 Å².